The first-order valence-corrected chi connectivity index (χ1v) is 12.4. The standard InChI is InChI=1S/C22H17FN4O5S2/c23-16-11-14(25-22(30)26-34(31,32)20-2-1-7-33-20)3-4-18(16)27-19(28)10-13-9-17-12(5-6-24-17)8-15(13)21(27)29/h1-4,7-11,24,29H,5-6H2,(H2,25,26,30). The van der Waals surface area contributed by atoms with E-state index in [2.05, 4.69) is 10.6 Å². The van der Waals surface area contributed by atoms with Crippen molar-refractivity contribution < 1.29 is 22.7 Å². The van der Waals surface area contributed by atoms with E-state index in [0.717, 1.165) is 46.2 Å². The molecule has 0 bridgehead atoms. The third-order valence-electron chi connectivity index (χ3n) is 5.37. The van der Waals surface area contributed by atoms with Gasteiger partial charge in [-0.25, -0.2) is 26.9 Å². The Morgan fingerprint density at radius 2 is 2.00 bits per heavy atom. The Morgan fingerprint density at radius 3 is 2.74 bits per heavy atom. The van der Waals surface area contributed by atoms with E-state index in [1.165, 1.54) is 30.3 Å². The summed E-state index contributed by atoms with van der Waals surface area (Å²) in [5, 5.41) is 18.7. The van der Waals surface area contributed by atoms with Crippen LogP contribution < -0.4 is 20.9 Å². The van der Waals surface area contributed by atoms with Gasteiger partial charge in [0.15, 0.2) is 0 Å². The van der Waals surface area contributed by atoms with Crippen LogP contribution >= 0.6 is 11.3 Å². The van der Waals surface area contributed by atoms with Crippen LogP contribution in [0.5, 0.6) is 5.88 Å². The van der Waals surface area contributed by atoms with Crippen LogP contribution in [0.4, 0.5) is 20.6 Å². The highest BCUT2D eigenvalue weighted by Gasteiger charge is 2.20. The molecule has 174 valence electrons. The van der Waals surface area contributed by atoms with Crippen LogP contribution in [0.2, 0.25) is 0 Å². The van der Waals surface area contributed by atoms with Gasteiger partial charge in [0.25, 0.3) is 15.6 Å². The van der Waals surface area contributed by atoms with Gasteiger partial charge in [0, 0.05) is 29.4 Å². The van der Waals surface area contributed by atoms with Gasteiger partial charge in [-0.3, -0.25) is 4.79 Å². The highest BCUT2D eigenvalue weighted by molar-refractivity contribution is 7.92. The fourth-order valence-electron chi connectivity index (χ4n) is 3.84. The van der Waals surface area contributed by atoms with E-state index >= 15 is 0 Å². The maximum atomic E-state index is 15.0. The van der Waals surface area contributed by atoms with Crippen molar-refractivity contribution in [2.45, 2.75) is 10.6 Å². The third-order valence-corrected chi connectivity index (χ3v) is 8.10. The Labute approximate surface area is 196 Å². The topological polar surface area (TPSA) is 130 Å². The molecule has 3 heterocycles. The minimum absolute atomic E-state index is 0.0441. The zero-order valence-corrected chi connectivity index (χ0v) is 19.0. The van der Waals surface area contributed by atoms with Crippen molar-refractivity contribution >= 4 is 49.5 Å². The zero-order chi connectivity index (χ0) is 24.0. The number of nitrogens with zero attached hydrogens (tertiary/aromatic N) is 1. The number of rotatable bonds is 4. The Morgan fingerprint density at radius 1 is 1.18 bits per heavy atom. The van der Waals surface area contributed by atoms with Gasteiger partial charge in [0.1, 0.15) is 10.0 Å². The molecule has 1 aliphatic heterocycles. The maximum absolute atomic E-state index is 15.0. The van der Waals surface area contributed by atoms with E-state index < -0.39 is 33.3 Å². The number of benzene rings is 2. The summed E-state index contributed by atoms with van der Waals surface area (Å²) in [4.78, 5) is 24.8. The Bertz CT molecular complexity index is 1610. The van der Waals surface area contributed by atoms with Crippen LogP contribution in [-0.4, -0.2) is 30.7 Å². The van der Waals surface area contributed by atoms with E-state index in [-0.39, 0.29) is 15.6 Å². The predicted octanol–water partition coefficient (Wildman–Crippen LogP) is 3.38. The number of nitrogens with one attached hydrogen (secondary N) is 3. The first kappa shape index (κ1) is 21.9. The van der Waals surface area contributed by atoms with Crippen LogP contribution in [0, 0.1) is 5.82 Å². The van der Waals surface area contributed by atoms with Crippen LogP contribution in [0.15, 0.2) is 62.9 Å². The van der Waals surface area contributed by atoms with Gasteiger partial charge in [-0.1, -0.05) is 6.07 Å². The summed E-state index contributed by atoms with van der Waals surface area (Å²) in [5.41, 5.74) is 0.974. The molecule has 0 fully saturated rings. The van der Waals surface area contributed by atoms with Crippen molar-refractivity contribution in [3.05, 3.63) is 75.6 Å². The largest absolute Gasteiger partial charge is 0.494 e. The van der Waals surface area contributed by atoms with E-state index in [0.29, 0.717) is 10.8 Å². The lowest BCUT2D eigenvalue weighted by molar-refractivity contribution is 0.256. The monoisotopic (exact) mass is 500 g/mol. The minimum atomic E-state index is -4.05. The predicted molar refractivity (Wildman–Crippen MR) is 127 cm³/mol. The molecule has 0 saturated carbocycles. The molecule has 0 unspecified atom stereocenters. The fourth-order valence-corrected chi connectivity index (χ4v) is 5.74. The number of carbonyl (C=O) groups excluding carboxylic acids is 1. The molecule has 9 nitrogen and oxygen atoms in total. The van der Waals surface area contributed by atoms with Crippen molar-refractivity contribution in [3.8, 4) is 11.6 Å². The second-order valence-corrected chi connectivity index (χ2v) is 10.4. The van der Waals surface area contributed by atoms with Crippen LogP contribution in [0.25, 0.3) is 16.5 Å². The van der Waals surface area contributed by atoms with Gasteiger partial charge in [-0.05, 0) is 59.1 Å². The van der Waals surface area contributed by atoms with Crippen LogP contribution in [0.3, 0.4) is 0 Å². The molecule has 0 radical (unpaired) electrons. The summed E-state index contributed by atoms with van der Waals surface area (Å²) < 4.78 is 41.9. The molecule has 2 aromatic carbocycles. The molecule has 1 aliphatic rings. The fraction of sp³-hybridized carbons (Fsp3) is 0.0909. The third kappa shape index (κ3) is 3.86. The number of aromatic nitrogens is 1. The van der Waals surface area contributed by atoms with Crippen molar-refractivity contribution in [3.63, 3.8) is 0 Å². The number of sulfonamides is 1. The van der Waals surface area contributed by atoms with Crippen LogP contribution in [-0.2, 0) is 16.4 Å². The lowest BCUT2D eigenvalue weighted by Crippen LogP contribution is -2.34. The number of hydrogen-bond donors (Lipinski definition) is 4. The molecule has 5 rings (SSSR count). The summed E-state index contributed by atoms with van der Waals surface area (Å²) >= 11 is 0.940. The average molecular weight is 501 g/mol. The Kier molecular flexibility index (Phi) is 5.25. The number of amides is 2. The molecule has 2 aromatic heterocycles. The summed E-state index contributed by atoms with van der Waals surface area (Å²) in [7, 11) is -4.05. The first-order valence-electron chi connectivity index (χ1n) is 10.1. The Hall–Kier alpha value is -3.90. The van der Waals surface area contributed by atoms with E-state index in [1.807, 2.05) is 4.72 Å². The number of halogens is 1. The summed E-state index contributed by atoms with van der Waals surface area (Å²) in [6.07, 6.45) is 0.767. The summed E-state index contributed by atoms with van der Waals surface area (Å²) in [6.45, 7) is 0.752. The van der Waals surface area contributed by atoms with Gasteiger partial charge < -0.3 is 15.7 Å². The second kappa shape index (κ2) is 8.15. The van der Waals surface area contributed by atoms with Gasteiger partial charge in [-0.15, -0.1) is 11.3 Å². The first-order chi connectivity index (χ1) is 16.2. The molecule has 4 N–H and O–H groups in total. The highest BCUT2D eigenvalue weighted by atomic mass is 32.2. The van der Waals surface area contributed by atoms with E-state index in [9.17, 15) is 27.5 Å². The Balaban J connectivity index is 1.44. The van der Waals surface area contributed by atoms with E-state index in [1.54, 1.807) is 17.5 Å². The number of urea groups is 1. The summed E-state index contributed by atoms with van der Waals surface area (Å²) in [5.74, 6) is -1.31. The maximum Gasteiger partial charge on any atom is 0.333 e. The second-order valence-electron chi connectivity index (χ2n) is 7.57. The van der Waals surface area contributed by atoms with Crippen molar-refractivity contribution in [1.29, 1.82) is 0 Å². The number of fused-ring (bicyclic) bond motifs is 2. The van der Waals surface area contributed by atoms with Crippen molar-refractivity contribution in [2.24, 2.45) is 0 Å². The molecule has 0 spiro atoms. The van der Waals surface area contributed by atoms with Crippen molar-refractivity contribution in [1.82, 2.24) is 9.29 Å². The number of carbonyl (C=O) groups is 1. The number of aromatic hydroxyl groups is 1. The van der Waals surface area contributed by atoms with Gasteiger partial charge in [0.2, 0.25) is 5.88 Å². The highest BCUT2D eigenvalue weighted by Crippen LogP contribution is 2.33. The molecule has 34 heavy (non-hydrogen) atoms. The molecule has 0 saturated heterocycles. The molecule has 0 aliphatic carbocycles. The SMILES string of the molecule is O=C(Nc1ccc(-n2c(O)c3cc4c(cc3cc2=O)NCC4)c(F)c1)NS(=O)(=O)c1cccs1. The lowest BCUT2D eigenvalue weighted by Gasteiger charge is -2.14. The molecular weight excluding hydrogens is 483 g/mol. The minimum Gasteiger partial charge on any atom is -0.494 e. The smallest absolute Gasteiger partial charge is 0.333 e. The van der Waals surface area contributed by atoms with E-state index in [4.69, 9.17) is 0 Å². The van der Waals surface area contributed by atoms with Gasteiger partial charge in [0.05, 0.1) is 5.69 Å². The average Bonchev–Trinajstić information content (AvgIpc) is 3.45. The number of hydrogen-bond acceptors (Lipinski definition) is 7. The number of pyridine rings is 1. The lowest BCUT2D eigenvalue weighted by atomic mass is 10.1. The van der Waals surface area contributed by atoms with Gasteiger partial charge in [-0.2, -0.15) is 0 Å². The number of thiophene rings is 1. The molecule has 12 heteroatoms. The summed E-state index contributed by atoms with van der Waals surface area (Å²) in [6, 6.07) is 10.1. The quantitative estimate of drug-likeness (QED) is 0.340. The number of anilines is 2. The zero-order valence-electron chi connectivity index (χ0n) is 17.3. The van der Waals surface area contributed by atoms with Gasteiger partial charge >= 0.3 is 6.03 Å². The van der Waals surface area contributed by atoms with Crippen LogP contribution in [0.1, 0.15) is 5.56 Å². The molecular formula is C22H17FN4O5S2. The van der Waals surface area contributed by atoms with Crippen molar-refractivity contribution in [2.75, 3.05) is 17.2 Å². The molecule has 4 aromatic rings. The molecule has 2 amide bonds. The normalized spacial score (nSPS) is 12.9. The molecule has 0 atom stereocenters.